The van der Waals surface area contributed by atoms with E-state index in [1.54, 1.807) is 23.1 Å². The second-order valence-electron chi connectivity index (χ2n) is 6.55. The fourth-order valence-corrected chi connectivity index (χ4v) is 4.58. The van der Waals surface area contributed by atoms with Crippen molar-refractivity contribution in [2.45, 2.75) is 57.9 Å². The predicted molar refractivity (Wildman–Crippen MR) is 94.6 cm³/mol. The zero-order valence-electron chi connectivity index (χ0n) is 13.6. The minimum atomic E-state index is -0.0987. The first-order valence-electron chi connectivity index (χ1n) is 7.76. The molecule has 0 bridgehead atoms. The lowest BCUT2D eigenvalue weighted by molar-refractivity contribution is -0.0542. The van der Waals surface area contributed by atoms with Gasteiger partial charge in [0.1, 0.15) is 10.6 Å². The molecule has 2 aromatic heterocycles. The van der Waals surface area contributed by atoms with Gasteiger partial charge in [0.15, 0.2) is 5.16 Å². The summed E-state index contributed by atoms with van der Waals surface area (Å²) in [5.41, 5.74) is 7.46. The fraction of sp³-hybridized carbons (Fsp3) is 0.625. The molecule has 2 aromatic rings. The number of nitrogens with two attached hydrogens (primary N) is 1. The van der Waals surface area contributed by atoms with Crippen LogP contribution in [0.4, 0.5) is 5.82 Å². The third-order valence-corrected chi connectivity index (χ3v) is 6.51. The lowest BCUT2D eigenvalue weighted by Gasteiger charge is -2.33. The Morgan fingerprint density at radius 2 is 2.18 bits per heavy atom. The Hall–Kier alpha value is -0.850. The number of nitrogens with zero attached hydrogens (tertiary/aromatic N) is 2. The second-order valence-corrected chi connectivity index (χ2v) is 8.62. The molecule has 3 heterocycles. The highest BCUT2D eigenvalue weighted by atomic mass is 32.2. The van der Waals surface area contributed by atoms with E-state index in [0.717, 1.165) is 34.0 Å². The van der Waals surface area contributed by atoms with Gasteiger partial charge in [-0.05, 0) is 24.8 Å². The zero-order chi connectivity index (χ0) is 15.9. The SMILES string of the molecule is CC[C@]1(C)Cc2c(sc3nc(SCC(C)C)nc(N)c23)CO1. The molecule has 0 saturated heterocycles. The number of ether oxygens (including phenoxy) is 1. The zero-order valence-corrected chi connectivity index (χ0v) is 15.2. The van der Waals surface area contributed by atoms with Crippen molar-refractivity contribution in [2.75, 3.05) is 11.5 Å². The molecule has 0 radical (unpaired) electrons. The summed E-state index contributed by atoms with van der Waals surface area (Å²) < 4.78 is 6.04. The molecule has 1 atom stereocenters. The highest BCUT2D eigenvalue weighted by molar-refractivity contribution is 7.99. The first kappa shape index (κ1) is 16.0. The summed E-state index contributed by atoms with van der Waals surface area (Å²) in [5, 5.41) is 1.84. The maximum absolute atomic E-state index is 6.26. The number of thioether (sulfide) groups is 1. The van der Waals surface area contributed by atoms with Crippen LogP contribution in [0.1, 0.15) is 44.6 Å². The number of fused-ring (bicyclic) bond motifs is 3. The highest BCUT2D eigenvalue weighted by Crippen LogP contribution is 2.41. The summed E-state index contributed by atoms with van der Waals surface area (Å²) in [6, 6.07) is 0. The van der Waals surface area contributed by atoms with E-state index < -0.39 is 0 Å². The Balaban J connectivity index is 2.00. The number of thiophene rings is 1. The molecular weight excluding hydrogens is 314 g/mol. The van der Waals surface area contributed by atoms with Crippen LogP contribution in [0.3, 0.4) is 0 Å². The number of anilines is 1. The molecule has 120 valence electrons. The van der Waals surface area contributed by atoms with E-state index in [0.29, 0.717) is 18.3 Å². The van der Waals surface area contributed by atoms with Crippen LogP contribution in [0.2, 0.25) is 0 Å². The third-order valence-electron chi connectivity index (χ3n) is 4.14. The van der Waals surface area contributed by atoms with Gasteiger partial charge in [-0.1, -0.05) is 32.5 Å². The van der Waals surface area contributed by atoms with Crippen LogP contribution in [0.5, 0.6) is 0 Å². The summed E-state index contributed by atoms with van der Waals surface area (Å²) in [5.74, 6) is 2.24. The van der Waals surface area contributed by atoms with E-state index in [2.05, 4.69) is 32.7 Å². The molecule has 0 spiro atoms. The Bertz CT molecular complexity index is 698. The summed E-state index contributed by atoms with van der Waals surface area (Å²) in [7, 11) is 0. The second kappa shape index (κ2) is 5.98. The molecule has 0 amide bonds. The number of hydrogen-bond acceptors (Lipinski definition) is 6. The fourth-order valence-electron chi connectivity index (χ4n) is 2.61. The van der Waals surface area contributed by atoms with Gasteiger partial charge in [0.05, 0.1) is 17.6 Å². The van der Waals surface area contributed by atoms with Crippen molar-refractivity contribution in [2.24, 2.45) is 5.92 Å². The van der Waals surface area contributed by atoms with Crippen molar-refractivity contribution in [3.8, 4) is 0 Å². The van der Waals surface area contributed by atoms with Crippen LogP contribution >= 0.6 is 23.1 Å². The Kier molecular flexibility index (Phi) is 4.36. The lowest BCUT2D eigenvalue weighted by Crippen LogP contribution is -2.33. The van der Waals surface area contributed by atoms with E-state index in [4.69, 9.17) is 15.5 Å². The summed E-state index contributed by atoms with van der Waals surface area (Å²) in [4.78, 5) is 11.5. The molecule has 22 heavy (non-hydrogen) atoms. The van der Waals surface area contributed by atoms with E-state index in [1.165, 1.54) is 10.4 Å². The molecule has 0 aliphatic carbocycles. The first-order chi connectivity index (χ1) is 10.4. The molecule has 2 N–H and O–H groups in total. The van der Waals surface area contributed by atoms with Gasteiger partial charge in [-0.2, -0.15) is 0 Å². The molecule has 4 nitrogen and oxygen atoms in total. The van der Waals surface area contributed by atoms with Crippen molar-refractivity contribution in [3.05, 3.63) is 10.4 Å². The van der Waals surface area contributed by atoms with Crippen LogP contribution in [-0.4, -0.2) is 21.3 Å². The topological polar surface area (TPSA) is 61.0 Å². The number of nitrogen functional groups attached to an aromatic ring is 1. The molecule has 0 saturated carbocycles. The number of hydrogen-bond donors (Lipinski definition) is 1. The van der Waals surface area contributed by atoms with E-state index >= 15 is 0 Å². The first-order valence-corrected chi connectivity index (χ1v) is 9.56. The van der Waals surface area contributed by atoms with Crippen molar-refractivity contribution in [1.82, 2.24) is 9.97 Å². The summed E-state index contributed by atoms with van der Waals surface area (Å²) in [6.45, 7) is 9.39. The average molecular weight is 338 g/mol. The minimum absolute atomic E-state index is 0.0987. The average Bonchev–Trinajstić information content (AvgIpc) is 2.83. The lowest BCUT2D eigenvalue weighted by atomic mass is 9.90. The van der Waals surface area contributed by atoms with Crippen molar-refractivity contribution < 1.29 is 4.74 Å². The molecule has 6 heteroatoms. The molecule has 0 aromatic carbocycles. The third kappa shape index (κ3) is 2.96. The van der Waals surface area contributed by atoms with Gasteiger partial charge in [0.25, 0.3) is 0 Å². The van der Waals surface area contributed by atoms with Gasteiger partial charge in [-0.3, -0.25) is 0 Å². The summed E-state index contributed by atoms with van der Waals surface area (Å²) in [6.07, 6.45) is 1.89. The van der Waals surface area contributed by atoms with Crippen LogP contribution in [0, 0.1) is 5.92 Å². The maximum atomic E-state index is 6.26. The largest absolute Gasteiger partial charge is 0.383 e. The Morgan fingerprint density at radius 3 is 2.86 bits per heavy atom. The Morgan fingerprint density at radius 1 is 1.41 bits per heavy atom. The quantitative estimate of drug-likeness (QED) is 0.667. The van der Waals surface area contributed by atoms with Crippen LogP contribution in [0.25, 0.3) is 10.2 Å². The molecular formula is C16H23N3OS2. The van der Waals surface area contributed by atoms with Crippen LogP contribution < -0.4 is 5.73 Å². The molecule has 0 fully saturated rings. The van der Waals surface area contributed by atoms with E-state index in [1.807, 2.05) is 0 Å². The minimum Gasteiger partial charge on any atom is -0.383 e. The molecule has 1 aliphatic rings. The van der Waals surface area contributed by atoms with E-state index in [-0.39, 0.29) is 5.60 Å². The number of rotatable bonds is 4. The normalized spacial score (nSPS) is 21.5. The molecule has 1 aliphatic heterocycles. The van der Waals surface area contributed by atoms with Gasteiger partial charge in [-0.15, -0.1) is 11.3 Å². The van der Waals surface area contributed by atoms with Gasteiger partial charge >= 0.3 is 0 Å². The highest BCUT2D eigenvalue weighted by Gasteiger charge is 2.32. The maximum Gasteiger partial charge on any atom is 0.190 e. The van der Waals surface area contributed by atoms with Crippen LogP contribution in [-0.2, 0) is 17.8 Å². The van der Waals surface area contributed by atoms with Crippen molar-refractivity contribution in [3.63, 3.8) is 0 Å². The van der Waals surface area contributed by atoms with Crippen LogP contribution in [0.15, 0.2) is 5.16 Å². The van der Waals surface area contributed by atoms with Gasteiger partial charge in [0, 0.05) is 17.1 Å². The van der Waals surface area contributed by atoms with Gasteiger partial charge < -0.3 is 10.5 Å². The Labute approximate surface area is 139 Å². The molecule has 3 rings (SSSR count). The smallest absolute Gasteiger partial charge is 0.190 e. The monoisotopic (exact) mass is 337 g/mol. The number of aromatic nitrogens is 2. The van der Waals surface area contributed by atoms with Gasteiger partial charge in [0.2, 0.25) is 0 Å². The molecule has 0 unspecified atom stereocenters. The van der Waals surface area contributed by atoms with Crippen molar-refractivity contribution in [1.29, 1.82) is 0 Å². The summed E-state index contributed by atoms with van der Waals surface area (Å²) >= 11 is 3.39. The van der Waals surface area contributed by atoms with E-state index in [9.17, 15) is 0 Å². The standard InChI is InChI=1S/C16H23N3OS2/c1-5-16(4)6-10-11(7-20-16)22-14-12(10)13(17)18-15(19-14)21-8-9(2)3/h9H,5-8H2,1-4H3,(H2,17,18,19)/t16-/m1/s1. The van der Waals surface area contributed by atoms with Crippen molar-refractivity contribution >= 4 is 39.1 Å². The van der Waals surface area contributed by atoms with Gasteiger partial charge in [-0.25, -0.2) is 9.97 Å². The predicted octanol–water partition coefficient (Wildman–Crippen LogP) is 4.26.